The zero-order chi connectivity index (χ0) is 17.4. The number of nitrogens with zero attached hydrogens (tertiary/aromatic N) is 2. The van der Waals surface area contributed by atoms with E-state index in [1.54, 1.807) is 6.20 Å². The lowest BCUT2D eigenvalue weighted by molar-refractivity contribution is -0.137. The van der Waals surface area contributed by atoms with Gasteiger partial charge in [-0.2, -0.15) is 18.3 Å². The van der Waals surface area contributed by atoms with E-state index in [0.717, 1.165) is 48.6 Å². The topological polar surface area (TPSA) is 44.0 Å². The highest BCUT2D eigenvalue weighted by Crippen LogP contribution is 2.31. The summed E-state index contributed by atoms with van der Waals surface area (Å²) >= 11 is 0. The quantitative estimate of drug-likeness (QED) is 0.891. The Morgan fingerprint density at radius 2 is 1.76 bits per heavy atom. The lowest BCUT2D eigenvalue weighted by atomic mass is 9.94. The molecule has 0 aliphatic carbocycles. The molecule has 2 unspecified atom stereocenters. The zero-order valence-corrected chi connectivity index (χ0v) is 13.8. The molecular weight excluding hydrogens is 329 g/mol. The van der Waals surface area contributed by atoms with Crippen molar-refractivity contribution in [2.45, 2.75) is 44.1 Å². The van der Waals surface area contributed by atoms with E-state index in [4.69, 9.17) is 0 Å². The second-order valence-electron chi connectivity index (χ2n) is 7.03. The molecule has 0 spiro atoms. The second kappa shape index (κ2) is 6.46. The molecule has 2 fully saturated rings. The summed E-state index contributed by atoms with van der Waals surface area (Å²) in [7, 11) is 0. The molecule has 0 amide bonds. The Morgan fingerprint density at radius 3 is 2.40 bits per heavy atom. The van der Waals surface area contributed by atoms with Crippen LogP contribution >= 0.6 is 0 Å². The molecule has 1 aromatic carbocycles. The number of nitrogens with one attached hydrogen (secondary N) is 2. The molecule has 3 heterocycles. The van der Waals surface area contributed by atoms with Crippen molar-refractivity contribution in [1.29, 1.82) is 0 Å². The van der Waals surface area contributed by atoms with Crippen LogP contribution < -0.4 is 5.32 Å². The van der Waals surface area contributed by atoms with Crippen LogP contribution in [0.4, 0.5) is 13.2 Å². The van der Waals surface area contributed by atoms with Crippen molar-refractivity contribution in [2.75, 3.05) is 13.1 Å². The summed E-state index contributed by atoms with van der Waals surface area (Å²) in [5, 5.41) is 10.7. The lowest BCUT2D eigenvalue weighted by Crippen LogP contribution is -2.58. The summed E-state index contributed by atoms with van der Waals surface area (Å²) in [6, 6.07) is 6.35. The van der Waals surface area contributed by atoms with E-state index in [-0.39, 0.29) is 0 Å². The largest absolute Gasteiger partial charge is 0.416 e. The van der Waals surface area contributed by atoms with Gasteiger partial charge >= 0.3 is 6.18 Å². The van der Waals surface area contributed by atoms with Crippen LogP contribution in [0.1, 0.15) is 30.4 Å². The molecule has 2 aliphatic heterocycles. The van der Waals surface area contributed by atoms with Gasteiger partial charge in [-0.05, 0) is 30.5 Å². The first-order chi connectivity index (χ1) is 12.0. The van der Waals surface area contributed by atoms with Gasteiger partial charge in [0.05, 0.1) is 17.5 Å². The van der Waals surface area contributed by atoms with E-state index in [9.17, 15) is 13.2 Å². The maximum atomic E-state index is 12.7. The van der Waals surface area contributed by atoms with Crippen molar-refractivity contribution < 1.29 is 13.2 Å². The number of H-pyrrole nitrogens is 1. The number of piperidine rings is 1. The Kier molecular flexibility index (Phi) is 4.29. The fourth-order valence-electron chi connectivity index (χ4n) is 3.97. The number of halogens is 3. The van der Waals surface area contributed by atoms with Gasteiger partial charge in [0.1, 0.15) is 0 Å². The van der Waals surface area contributed by atoms with Crippen molar-refractivity contribution in [3.05, 3.63) is 41.6 Å². The van der Waals surface area contributed by atoms with Gasteiger partial charge in [0.25, 0.3) is 0 Å². The number of likely N-dealkylation sites (tertiary alicyclic amines) is 1. The van der Waals surface area contributed by atoms with E-state index in [1.165, 1.54) is 31.4 Å². The molecule has 0 saturated carbocycles. The molecule has 4 rings (SSSR count). The minimum atomic E-state index is -4.31. The predicted molar refractivity (Wildman–Crippen MR) is 88.9 cm³/mol. The van der Waals surface area contributed by atoms with Crippen LogP contribution in [0.5, 0.6) is 0 Å². The smallest absolute Gasteiger partial charge is 0.309 e. The van der Waals surface area contributed by atoms with E-state index in [2.05, 4.69) is 20.4 Å². The third-order valence-electron chi connectivity index (χ3n) is 5.15. The van der Waals surface area contributed by atoms with Gasteiger partial charge in [-0.15, -0.1) is 0 Å². The Labute approximate surface area is 144 Å². The maximum absolute atomic E-state index is 12.7. The molecule has 2 bridgehead atoms. The lowest BCUT2D eigenvalue weighted by Gasteiger charge is -2.42. The Bertz CT molecular complexity index is 711. The summed E-state index contributed by atoms with van der Waals surface area (Å²) in [6.45, 7) is 2.78. The standard InChI is InChI=1S/C18H21F3N4/c19-18(20,21)14-6-4-12(5-7-14)17-13(8-22-24-17)9-25-10-15-2-1-3-16(11-25)23-15/h4-8,15-16,23H,1-3,9-11H2,(H,22,24). The van der Waals surface area contributed by atoms with Crippen LogP contribution in [0.15, 0.2) is 30.5 Å². The molecular formula is C18H21F3N4. The molecule has 7 heteroatoms. The highest BCUT2D eigenvalue weighted by molar-refractivity contribution is 5.63. The monoisotopic (exact) mass is 350 g/mol. The molecule has 0 radical (unpaired) electrons. The van der Waals surface area contributed by atoms with Gasteiger partial charge in [0.2, 0.25) is 0 Å². The number of alkyl halides is 3. The van der Waals surface area contributed by atoms with E-state index >= 15 is 0 Å². The third-order valence-corrected chi connectivity index (χ3v) is 5.15. The average Bonchev–Trinajstić information content (AvgIpc) is 3.02. The molecule has 2 saturated heterocycles. The molecule has 2 aliphatic rings. The first kappa shape index (κ1) is 16.6. The number of hydrogen-bond donors (Lipinski definition) is 2. The van der Waals surface area contributed by atoms with Crippen LogP contribution in [0.2, 0.25) is 0 Å². The second-order valence-corrected chi connectivity index (χ2v) is 7.03. The van der Waals surface area contributed by atoms with Gasteiger partial charge < -0.3 is 5.32 Å². The van der Waals surface area contributed by atoms with Crippen molar-refractivity contribution in [3.63, 3.8) is 0 Å². The summed E-state index contributed by atoms with van der Waals surface area (Å²) in [4.78, 5) is 2.42. The Balaban J connectivity index is 1.51. The molecule has 25 heavy (non-hydrogen) atoms. The number of aromatic amines is 1. The summed E-state index contributed by atoms with van der Waals surface area (Å²) in [5.74, 6) is 0. The van der Waals surface area contributed by atoms with Crippen LogP contribution in [0.3, 0.4) is 0 Å². The number of aromatic nitrogens is 2. The molecule has 2 aromatic rings. The zero-order valence-electron chi connectivity index (χ0n) is 13.8. The SMILES string of the molecule is FC(F)(F)c1ccc(-c2[nH]ncc2CN2CC3CCCC(C2)N3)cc1. The van der Waals surface area contributed by atoms with Crippen LogP contribution in [0.25, 0.3) is 11.3 Å². The molecule has 134 valence electrons. The first-order valence-electron chi connectivity index (χ1n) is 8.67. The van der Waals surface area contributed by atoms with Crippen molar-refractivity contribution in [1.82, 2.24) is 20.4 Å². The van der Waals surface area contributed by atoms with Crippen molar-refractivity contribution >= 4 is 0 Å². The minimum absolute atomic E-state index is 0.550. The number of rotatable bonds is 3. The van der Waals surface area contributed by atoms with Crippen LogP contribution in [-0.2, 0) is 12.7 Å². The van der Waals surface area contributed by atoms with Gasteiger partial charge in [-0.25, -0.2) is 0 Å². The molecule has 4 nitrogen and oxygen atoms in total. The number of hydrogen-bond acceptors (Lipinski definition) is 3. The highest BCUT2D eigenvalue weighted by atomic mass is 19.4. The maximum Gasteiger partial charge on any atom is 0.416 e. The fraction of sp³-hybridized carbons (Fsp3) is 0.500. The number of piperazine rings is 1. The Hall–Kier alpha value is -1.86. The predicted octanol–water partition coefficient (Wildman–Crippen LogP) is 3.42. The molecule has 1 aromatic heterocycles. The van der Waals surface area contributed by atoms with Gasteiger partial charge in [0.15, 0.2) is 0 Å². The van der Waals surface area contributed by atoms with Crippen LogP contribution in [0, 0.1) is 0 Å². The van der Waals surface area contributed by atoms with Crippen molar-refractivity contribution in [3.8, 4) is 11.3 Å². The fourth-order valence-corrected chi connectivity index (χ4v) is 3.97. The van der Waals surface area contributed by atoms with Gasteiger partial charge in [0, 0.05) is 37.3 Å². The summed E-state index contributed by atoms with van der Waals surface area (Å²) < 4.78 is 38.2. The van der Waals surface area contributed by atoms with E-state index in [0.29, 0.717) is 12.1 Å². The number of fused-ring (bicyclic) bond motifs is 2. The highest BCUT2D eigenvalue weighted by Gasteiger charge is 2.31. The van der Waals surface area contributed by atoms with Gasteiger partial charge in [-0.1, -0.05) is 18.6 Å². The van der Waals surface area contributed by atoms with E-state index < -0.39 is 11.7 Å². The van der Waals surface area contributed by atoms with E-state index in [1.807, 2.05) is 0 Å². The normalized spacial score (nSPS) is 24.4. The van der Waals surface area contributed by atoms with Crippen LogP contribution in [-0.4, -0.2) is 40.3 Å². The third kappa shape index (κ3) is 3.57. The summed E-state index contributed by atoms with van der Waals surface area (Å²) in [5.41, 5.74) is 1.93. The average molecular weight is 350 g/mol. The minimum Gasteiger partial charge on any atom is -0.309 e. The first-order valence-corrected chi connectivity index (χ1v) is 8.67. The molecule has 2 atom stereocenters. The van der Waals surface area contributed by atoms with Crippen molar-refractivity contribution in [2.24, 2.45) is 0 Å². The molecule has 2 N–H and O–H groups in total. The summed E-state index contributed by atoms with van der Waals surface area (Å²) in [6.07, 6.45) is 1.19. The Morgan fingerprint density at radius 1 is 1.08 bits per heavy atom. The number of benzene rings is 1. The van der Waals surface area contributed by atoms with Gasteiger partial charge in [-0.3, -0.25) is 10.00 Å².